The van der Waals surface area contributed by atoms with Crippen LogP contribution >= 0.6 is 12.2 Å². The minimum absolute atomic E-state index is 0.185. The van der Waals surface area contributed by atoms with Crippen LogP contribution in [0.25, 0.3) is 0 Å². The number of benzene rings is 2. The van der Waals surface area contributed by atoms with E-state index in [2.05, 4.69) is 16.0 Å². The number of rotatable bonds is 8. The second kappa shape index (κ2) is 10.8. The van der Waals surface area contributed by atoms with Gasteiger partial charge in [0.25, 0.3) is 5.91 Å². The number of ether oxygens (including phenoxy) is 3. The van der Waals surface area contributed by atoms with Crippen LogP contribution in [0.15, 0.2) is 53.7 Å². The van der Waals surface area contributed by atoms with Crippen LogP contribution in [0.5, 0.6) is 11.5 Å². The molecule has 1 heterocycles. The first-order valence-corrected chi connectivity index (χ1v) is 10.9. The zero-order chi connectivity index (χ0) is 24.0. The fraction of sp³-hybridized carbons (Fsp3) is 0.292. The highest BCUT2D eigenvalue weighted by atomic mass is 32.1. The first-order valence-electron chi connectivity index (χ1n) is 10.4. The Labute approximate surface area is 198 Å². The number of thiocarbonyl (C=S) groups is 1. The molecule has 1 amide bonds. The predicted octanol–water partition coefficient (Wildman–Crippen LogP) is 3.38. The molecule has 0 radical (unpaired) electrons. The van der Waals surface area contributed by atoms with Gasteiger partial charge >= 0.3 is 5.97 Å². The van der Waals surface area contributed by atoms with Crippen molar-refractivity contribution in [2.45, 2.75) is 26.8 Å². The van der Waals surface area contributed by atoms with Crippen LogP contribution in [-0.2, 0) is 14.3 Å². The molecule has 1 aliphatic heterocycles. The van der Waals surface area contributed by atoms with E-state index in [-0.39, 0.29) is 12.5 Å². The first-order chi connectivity index (χ1) is 15.8. The molecular weight excluding hydrogens is 442 g/mol. The zero-order valence-electron chi connectivity index (χ0n) is 19.0. The highest BCUT2D eigenvalue weighted by molar-refractivity contribution is 7.80. The van der Waals surface area contributed by atoms with Gasteiger partial charge in [0.15, 0.2) is 23.2 Å². The van der Waals surface area contributed by atoms with Crippen molar-refractivity contribution in [3.8, 4) is 11.5 Å². The monoisotopic (exact) mass is 469 g/mol. The lowest BCUT2D eigenvalue weighted by Crippen LogP contribution is -2.45. The van der Waals surface area contributed by atoms with E-state index in [1.165, 1.54) is 7.11 Å². The average Bonchev–Trinajstić information content (AvgIpc) is 2.79. The third-order valence-electron chi connectivity index (χ3n) is 4.97. The average molecular weight is 470 g/mol. The minimum Gasteiger partial charge on any atom is -0.490 e. The maximum absolute atomic E-state index is 12.4. The number of amides is 1. The van der Waals surface area contributed by atoms with Gasteiger partial charge in [-0.3, -0.25) is 4.79 Å². The Morgan fingerprint density at radius 3 is 2.45 bits per heavy atom. The van der Waals surface area contributed by atoms with Crippen LogP contribution < -0.4 is 25.4 Å². The van der Waals surface area contributed by atoms with E-state index in [1.807, 2.05) is 38.1 Å². The number of hydrogen-bond acceptors (Lipinski definition) is 6. The highest BCUT2D eigenvalue weighted by Gasteiger charge is 2.31. The van der Waals surface area contributed by atoms with Crippen LogP contribution in [0.3, 0.4) is 0 Å². The van der Waals surface area contributed by atoms with E-state index in [9.17, 15) is 9.59 Å². The van der Waals surface area contributed by atoms with Crippen molar-refractivity contribution < 1.29 is 23.8 Å². The summed E-state index contributed by atoms with van der Waals surface area (Å²) >= 11 is 5.27. The third-order valence-corrected chi connectivity index (χ3v) is 5.19. The Balaban J connectivity index is 1.79. The van der Waals surface area contributed by atoms with Crippen molar-refractivity contribution in [2.24, 2.45) is 0 Å². The van der Waals surface area contributed by atoms with E-state index >= 15 is 0 Å². The number of nitrogens with one attached hydrogen (secondary N) is 3. The fourth-order valence-electron chi connectivity index (χ4n) is 3.39. The van der Waals surface area contributed by atoms with Gasteiger partial charge in [0.1, 0.15) is 0 Å². The second-order valence-electron chi connectivity index (χ2n) is 7.40. The summed E-state index contributed by atoms with van der Waals surface area (Å²) in [4.78, 5) is 24.7. The molecule has 1 atom stereocenters. The van der Waals surface area contributed by atoms with E-state index in [0.717, 1.165) is 11.1 Å². The van der Waals surface area contributed by atoms with Crippen LogP contribution in [0.2, 0.25) is 0 Å². The van der Waals surface area contributed by atoms with Crippen molar-refractivity contribution in [2.75, 3.05) is 25.6 Å². The van der Waals surface area contributed by atoms with E-state index in [0.29, 0.717) is 40.2 Å². The summed E-state index contributed by atoms with van der Waals surface area (Å²) < 4.78 is 16.4. The fourth-order valence-corrected chi connectivity index (χ4v) is 3.66. The standard InChI is InChI=1S/C24H27N3O5S/c1-5-31-19-12-16(22-21(23(29)30-4)15(3)25-24(33)27-22)8-11-18(19)32-13-20(28)26-17-9-6-14(2)7-10-17/h6-12,22H,5,13H2,1-4H3,(H,26,28)(H2,25,27,33)/t22-/m1/s1. The largest absolute Gasteiger partial charge is 0.490 e. The van der Waals surface area contributed by atoms with Gasteiger partial charge in [0.05, 0.1) is 25.3 Å². The van der Waals surface area contributed by atoms with Crippen LogP contribution in [-0.4, -0.2) is 37.3 Å². The van der Waals surface area contributed by atoms with Gasteiger partial charge in [-0.2, -0.15) is 0 Å². The lowest BCUT2D eigenvalue weighted by molar-refractivity contribution is -0.136. The molecule has 9 heteroatoms. The number of anilines is 1. The molecule has 0 unspecified atom stereocenters. The van der Waals surface area contributed by atoms with Gasteiger partial charge in [0, 0.05) is 11.4 Å². The van der Waals surface area contributed by atoms with Gasteiger partial charge in [-0.05, 0) is 62.8 Å². The summed E-state index contributed by atoms with van der Waals surface area (Å²) in [7, 11) is 1.33. The van der Waals surface area contributed by atoms with Crippen molar-refractivity contribution in [3.63, 3.8) is 0 Å². The summed E-state index contributed by atoms with van der Waals surface area (Å²) in [5.74, 6) is 0.107. The van der Waals surface area contributed by atoms with Gasteiger partial charge in [-0.25, -0.2) is 4.79 Å². The summed E-state index contributed by atoms with van der Waals surface area (Å²) in [6.45, 7) is 5.80. The number of carbonyl (C=O) groups is 2. The van der Waals surface area contributed by atoms with Gasteiger partial charge < -0.3 is 30.2 Å². The second-order valence-corrected chi connectivity index (χ2v) is 7.81. The summed E-state index contributed by atoms with van der Waals surface area (Å²) in [5.41, 5.74) is 3.56. The first kappa shape index (κ1) is 24.1. The Bertz CT molecular complexity index is 1080. The number of allylic oxidation sites excluding steroid dienone is 1. The lowest BCUT2D eigenvalue weighted by Gasteiger charge is -2.30. The molecule has 2 aromatic rings. The molecule has 2 aromatic carbocycles. The molecule has 174 valence electrons. The summed E-state index contributed by atoms with van der Waals surface area (Å²) in [6, 6.07) is 12.2. The Morgan fingerprint density at radius 2 is 1.79 bits per heavy atom. The highest BCUT2D eigenvalue weighted by Crippen LogP contribution is 2.34. The van der Waals surface area contributed by atoms with Crippen molar-refractivity contribution >= 4 is 34.9 Å². The number of hydrogen-bond donors (Lipinski definition) is 3. The Hall–Kier alpha value is -3.59. The number of carbonyl (C=O) groups excluding carboxylic acids is 2. The maximum Gasteiger partial charge on any atom is 0.337 e. The SMILES string of the molecule is CCOc1cc([C@H]2NC(=S)NC(C)=C2C(=O)OC)ccc1OCC(=O)Nc1ccc(C)cc1. The predicted molar refractivity (Wildman–Crippen MR) is 129 cm³/mol. The molecule has 0 spiro atoms. The van der Waals surface area contributed by atoms with E-state index in [1.54, 1.807) is 25.1 Å². The van der Waals surface area contributed by atoms with Crippen molar-refractivity contribution in [3.05, 3.63) is 64.9 Å². The lowest BCUT2D eigenvalue weighted by atomic mass is 9.95. The molecule has 8 nitrogen and oxygen atoms in total. The molecule has 3 rings (SSSR count). The zero-order valence-corrected chi connectivity index (χ0v) is 19.8. The Morgan fingerprint density at radius 1 is 1.06 bits per heavy atom. The number of methoxy groups -OCH3 is 1. The molecule has 0 bridgehead atoms. The molecule has 0 saturated heterocycles. The van der Waals surface area contributed by atoms with Crippen molar-refractivity contribution in [1.82, 2.24) is 10.6 Å². The van der Waals surface area contributed by atoms with Crippen LogP contribution in [0.1, 0.15) is 31.0 Å². The van der Waals surface area contributed by atoms with Crippen LogP contribution in [0, 0.1) is 6.92 Å². The van der Waals surface area contributed by atoms with E-state index < -0.39 is 12.0 Å². The quantitative estimate of drug-likeness (QED) is 0.400. The van der Waals surface area contributed by atoms with Gasteiger partial charge in [-0.15, -0.1) is 0 Å². The molecule has 0 aliphatic carbocycles. The molecular formula is C24H27N3O5S. The third kappa shape index (κ3) is 6.01. The van der Waals surface area contributed by atoms with Crippen molar-refractivity contribution in [1.29, 1.82) is 0 Å². The van der Waals surface area contributed by atoms with Gasteiger partial charge in [0.2, 0.25) is 0 Å². The molecule has 0 fully saturated rings. The molecule has 3 N–H and O–H groups in total. The molecule has 33 heavy (non-hydrogen) atoms. The summed E-state index contributed by atoms with van der Waals surface area (Å²) in [6.07, 6.45) is 0. The topological polar surface area (TPSA) is 97.9 Å². The summed E-state index contributed by atoms with van der Waals surface area (Å²) in [5, 5.41) is 9.24. The number of esters is 1. The van der Waals surface area contributed by atoms with Crippen LogP contribution in [0.4, 0.5) is 5.69 Å². The molecule has 0 aromatic heterocycles. The Kier molecular flexibility index (Phi) is 7.89. The molecule has 1 aliphatic rings. The molecule has 0 saturated carbocycles. The minimum atomic E-state index is -0.524. The maximum atomic E-state index is 12.4. The number of aryl methyl sites for hydroxylation is 1. The van der Waals surface area contributed by atoms with E-state index in [4.69, 9.17) is 26.4 Å². The smallest absolute Gasteiger partial charge is 0.337 e. The van der Waals surface area contributed by atoms with Gasteiger partial charge in [-0.1, -0.05) is 23.8 Å². The normalized spacial score (nSPS) is 15.3.